The number of aromatic nitrogens is 2. The van der Waals surface area contributed by atoms with Crippen LogP contribution in [0.25, 0.3) is 0 Å². The average molecular weight is 149 g/mol. The van der Waals surface area contributed by atoms with Crippen molar-refractivity contribution < 1.29 is 0 Å². The van der Waals surface area contributed by atoms with E-state index in [2.05, 4.69) is 22.6 Å². The summed E-state index contributed by atoms with van der Waals surface area (Å²) in [6.45, 7) is 0.972. The molecule has 58 valence electrons. The standard InChI is InChI=1S/C8H11N3/c1-11-6-7(5-10-11)8-3-2-4-9-8/h2-3,5-6,8-9H,4H2,1H3. The number of hydrogen-bond acceptors (Lipinski definition) is 2. The maximum absolute atomic E-state index is 4.10. The van der Waals surface area contributed by atoms with Gasteiger partial charge in [0, 0.05) is 25.4 Å². The molecule has 1 aliphatic heterocycles. The second kappa shape index (κ2) is 2.51. The number of nitrogens with zero attached hydrogens (tertiary/aromatic N) is 2. The molecular formula is C8H11N3. The Morgan fingerprint density at radius 3 is 3.18 bits per heavy atom. The third kappa shape index (κ3) is 1.19. The summed E-state index contributed by atoms with van der Waals surface area (Å²) in [5, 5.41) is 7.43. The minimum Gasteiger partial charge on any atom is -0.303 e. The van der Waals surface area contributed by atoms with E-state index in [4.69, 9.17) is 0 Å². The average Bonchev–Trinajstić information content (AvgIpc) is 2.55. The molecule has 0 aliphatic carbocycles. The van der Waals surface area contributed by atoms with Crippen LogP contribution in [-0.2, 0) is 7.05 Å². The molecule has 0 radical (unpaired) electrons. The summed E-state index contributed by atoms with van der Waals surface area (Å²) >= 11 is 0. The van der Waals surface area contributed by atoms with Gasteiger partial charge in [-0.3, -0.25) is 4.68 Å². The smallest absolute Gasteiger partial charge is 0.0540 e. The van der Waals surface area contributed by atoms with Crippen molar-refractivity contribution in [3.8, 4) is 0 Å². The summed E-state index contributed by atoms with van der Waals surface area (Å²) in [5.41, 5.74) is 1.24. The Morgan fingerprint density at radius 2 is 2.64 bits per heavy atom. The molecule has 1 atom stereocenters. The van der Waals surface area contributed by atoms with Crippen LogP contribution in [0.15, 0.2) is 24.5 Å². The molecule has 0 fully saturated rings. The molecule has 1 aromatic heterocycles. The normalized spacial score (nSPS) is 22.8. The van der Waals surface area contributed by atoms with Gasteiger partial charge >= 0.3 is 0 Å². The Hall–Kier alpha value is -1.09. The van der Waals surface area contributed by atoms with Crippen LogP contribution in [0.4, 0.5) is 0 Å². The highest BCUT2D eigenvalue weighted by molar-refractivity contribution is 5.20. The van der Waals surface area contributed by atoms with Crippen LogP contribution in [-0.4, -0.2) is 16.3 Å². The molecule has 2 rings (SSSR count). The van der Waals surface area contributed by atoms with Crippen molar-refractivity contribution in [1.29, 1.82) is 0 Å². The first-order valence-electron chi connectivity index (χ1n) is 3.75. The van der Waals surface area contributed by atoms with Gasteiger partial charge in [0.25, 0.3) is 0 Å². The van der Waals surface area contributed by atoms with E-state index in [1.807, 2.05) is 24.1 Å². The zero-order valence-corrected chi connectivity index (χ0v) is 6.49. The lowest BCUT2D eigenvalue weighted by atomic mass is 10.2. The Morgan fingerprint density at radius 1 is 1.73 bits per heavy atom. The Bertz CT molecular complexity index is 275. The second-order valence-electron chi connectivity index (χ2n) is 2.76. The Kier molecular flexibility index (Phi) is 1.51. The van der Waals surface area contributed by atoms with E-state index in [1.54, 1.807) is 0 Å². The predicted octanol–water partition coefficient (Wildman–Crippen LogP) is 0.621. The van der Waals surface area contributed by atoms with E-state index in [0.29, 0.717) is 6.04 Å². The maximum Gasteiger partial charge on any atom is 0.0540 e. The zero-order chi connectivity index (χ0) is 7.68. The van der Waals surface area contributed by atoms with E-state index >= 15 is 0 Å². The van der Waals surface area contributed by atoms with Crippen LogP contribution in [0.1, 0.15) is 11.6 Å². The number of aryl methyl sites for hydroxylation is 1. The second-order valence-corrected chi connectivity index (χ2v) is 2.76. The first-order valence-corrected chi connectivity index (χ1v) is 3.75. The monoisotopic (exact) mass is 149 g/mol. The molecule has 0 aromatic carbocycles. The predicted molar refractivity (Wildman–Crippen MR) is 43.1 cm³/mol. The topological polar surface area (TPSA) is 29.9 Å². The van der Waals surface area contributed by atoms with Crippen molar-refractivity contribution >= 4 is 0 Å². The quantitative estimate of drug-likeness (QED) is 0.593. The highest BCUT2D eigenvalue weighted by Gasteiger charge is 2.11. The molecule has 0 amide bonds. The summed E-state index contributed by atoms with van der Waals surface area (Å²) in [5.74, 6) is 0. The molecule has 11 heavy (non-hydrogen) atoms. The van der Waals surface area contributed by atoms with Gasteiger partial charge in [-0.1, -0.05) is 12.2 Å². The molecule has 0 spiro atoms. The van der Waals surface area contributed by atoms with Crippen LogP contribution < -0.4 is 5.32 Å². The summed E-state index contributed by atoms with van der Waals surface area (Å²) in [6.07, 6.45) is 8.23. The van der Waals surface area contributed by atoms with Crippen LogP contribution in [0, 0.1) is 0 Å². The summed E-state index contributed by atoms with van der Waals surface area (Å²) < 4.78 is 1.82. The Labute approximate surface area is 65.7 Å². The number of rotatable bonds is 1. The third-order valence-corrected chi connectivity index (χ3v) is 1.87. The van der Waals surface area contributed by atoms with Crippen molar-refractivity contribution in [2.45, 2.75) is 6.04 Å². The van der Waals surface area contributed by atoms with E-state index in [9.17, 15) is 0 Å². The first-order chi connectivity index (χ1) is 5.36. The third-order valence-electron chi connectivity index (χ3n) is 1.87. The summed E-state index contributed by atoms with van der Waals surface area (Å²) in [6, 6.07) is 0.378. The minimum absolute atomic E-state index is 0.378. The van der Waals surface area contributed by atoms with Gasteiger partial charge in [0.1, 0.15) is 0 Å². The fraction of sp³-hybridized carbons (Fsp3) is 0.375. The molecule has 0 saturated carbocycles. The first kappa shape index (κ1) is 6.61. The van der Waals surface area contributed by atoms with E-state index in [1.165, 1.54) is 5.56 Å². The largest absolute Gasteiger partial charge is 0.303 e. The van der Waals surface area contributed by atoms with Crippen LogP contribution >= 0.6 is 0 Å². The Balaban J connectivity index is 2.22. The molecule has 1 aliphatic rings. The van der Waals surface area contributed by atoms with Crippen molar-refractivity contribution in [1.82, 2.24) is 15.1 Å². The summed E-state index contributed by atoms with van der Waals surface area (Å²) in [4.78, 5) is 0. The van der Waals surface area contributed by atoms with Gasteiger partial charge in [-0.15, -0.1) is 0 Å². The van der Waals surface area contributed by atoms with Gasteiger partial charge in [0.2, 0.25) is 0 Å². The molecule has 3 heteroatoms. The lowest BCUT2D eigenvalue weighted by molar-refractivity contribution is 0.709. The molecule has 1 N–H and O–H groups in total. The fourth-order valence-electron chi connectivity index (χ4n) is 1.30. The van der Waals surface area contributed by atoms with Gasteiger partial charge in [-0.25, -0.2) is 0 Å². The van der Waals surface area contributed by atoms with E-state index < -0.39 is 0 Å². The van der Waals surface area contributed by atoms with Crippen LogP contribution in [0.5, 0.6) is 0 Å². The number of nitrogens with one attached hydrogen (secondary N) is 1. The van der Waals surface area contributed by atoms with Crippen molar-refractivity contribution in [3.05, 3.63) is 30.1 Å². The van der Waals surface area contributed by atoms with E-state index in [-0.39, 0.29) is 0 Å². The zero-order valence-electron chi connectivity index (χ0n) is 6.49. The van der Waals surface area contributed by atoms with Gasteiger partial charge in [-0.05, 0) is 0 Å². The molecule has 1 aromatic rings. The molecule has 1 unspecified atom stereocenters. The highest BCUT2D eigenvalue weighted by Crippen LogP contribution is 2.15. The highest BCUT2D eigenvalue weighted by atomic mass is 15.2. The van der Waals surface area contributed by atoms with Gasteiger partial charge in [0.05, 0.1) is 12.2 Å². The molecule has 0 saturated heterocycles. The van der Waals surface area contributed by atoms with Crippen LogP contribution in [0.2, 0.25) is 0 Å². The van der Waals surface area contributed by atoms with Crippen molar-refractivity contribution in [3.63, 3.8) is 0 Å². The minimum atomic E-state index is 0.378. The molecule has 2 heterocycles. The number of hydrogen-bond donors (Lipinski definition) is 1. The van der Waals surface area contributed by atoms with Gasteiger partial charge in [0.15, 0.2) is 0 Å². The molecule has 3 nitrogen and oxygen atoms in total. The van der Waals surface area contributed by atoms with Crippen LogP contribution in [0.3, 0.4) is 0 Å². The lowest BCUT2D eigenvalue weighted by Gasteiger charge is -2.03. The SMILES string of the molecule is Cn1cc(C2C=CCN2)cn1. The maximum atomic E-state index is 4.10. The molecular weight excluding hydrogens is 138 g/mol. The van der Waals surface area contributed by atoms with Crippen molar-refractivity contribution in [2.24, 2.45) is 7.05 Å². The van der Waals surface area contributed by atoms with Gasteiger partial charge in [-0.2, -0.15) is 5.10 Å². The lowest BCUT2D eigenvalue weighted by Crippen LogP contribution is -2.12. The fourth-order valence-corrected chi connectivity index (χ4v) is 1.30. The summed E-state index contributed by atoms with van der Waals surface area (Å²) in [7, 11) is 1.93. The molecule has 0 bridgehead atoms. The van der Waals surface area contributed by atoms with E-state index in [0.717, 1.165) is 6.54 Å². The van der Waals surface area contributed by atoms with Gasteiger partial charge < -0.3 is 5.32 Å². The van der Waals surface area contributed by atoms with Crippen molar-refractivity contribution in [2.75, 3.05) is 6.54 Å².